The highest BCUT2D eigenvalue weighted by atomic mass is 15.2. The molecular weight excluding hydrogens is 222 g/mol. The number of nitrogen functional groups attached to an aromatic ring is 1. The molecule has 2 N–H and O–H groups in total. The highest BCUT2D eigenvalue weighted by Gasteiger charge is 2.09. The van der Waals surface area contributed by atoms with Crippen LogP contribution in [0, 0.1) is 11.8 Å². The number of aromatic nitrogens is 1. The van der Waals surface area contributed by atoms with Crippen molar-refractivity contribution in [3.8, 4) is 0 Å². The second kappa shape index (κ2) is 7.24. The van der Waals surface area contributed by atoms with Crippen LogP contribution in [-0.2, 0) is 0 Å². The van der Waals surface area contributed by atoms with Crippen molar-refractivity contribution in [3.63, 3.8) is 0 Å². The Balaban J connectivity index is 2.69. The van der Waals surface area contributed by atoms with Gasteiger partial charge in [0.15, 0.2) is 0 Å². The van der Waals surface area contributed by atoms with Crippen molar-refractivity contribution in [2.75, 3.05) is 23.7 Å². The minimum Gasteiger partial charge on any atom is -0.384 e. The molecule has 1 aromatic rings. The summed E-state index contributed by atoms with van der Waals surface area (Å²) in [6.45, 7) is 11.1. The van der Waals surface area contributed by atoms with E-state index in [4.69, 9.17) is 5.73 Å². The second-order valence-electron chi connectivity index (χ2n) is 5.77. The van der Waals surface area contributed by atoms with E-state index in [1.54, 1.807) is 0 Å². The third-order valence-corrected chi connectivity index (χ3v) is 3.03. The number of nitrogens with two attached hydrogens (primary N) is 1. The van der Waals surface area contributed by atoms with Gasteiger partial charge in [0.05, 0.1) is 0 Å². The van der Waals surface area contributed by atoms with Crippen LogP contribution in [0.4, 0.5) is 11.6 Å². The quantitative estimate of drug-likeness (QED) is 0.803. The van der Waals surface area contributed by atoms with Crippen molar-refractivity contribution in [1.82, 2.24) is 4.98 Å². The molecule has 0 aliphatic carbocycles. The van der Waals surface area contributed by atoms with Gasteiger partial charge in [0, 0.05) is 13.1 Å². The van der Waals surface area contributed by atoms with Gasteiger partial charge in [0.1, 0.15) is 11.6 Å². The summed E-state index contributed by atoms with van der Waals surface area (Å²) in [7, 11) is 0. The molecule has 0 aliphatic rings. The van der Waals surface area contributed by atoms with E-state index in [-0.39, 0.29) is 0 Å². The van der Waals surface area contributed by atoms with Gasteiger partial charge in [-0.15, -0.1) is 0 Å². The van der Waals surface area contributed by atoms with Gasteiger partial charge in [-0.05, 0) is 36.8 Å². The maximum Gasteiger partial charge on any atom is 0.130 e. The first kappa shape index (κ1) is 14.8. The Morgan fingerprint density at radius 1 is 1.06 bits per heavy atom. The van der Waals surface area contributed by atoms with Crippen LogP contribution in [0.3, 0.4) is 0 Å². The Morgan fingerprint density at radius 3 is 2.06 bits per heavy atom. The molecule has 3 nitrogen and oxygen atoms in total. The van der Waals surface area contributed by atoms with Crippen LogP contribution < -0.4 is 10.6 Å². The van der Waals surface area contributed by atoms with Crippen molar-refractivity contribution in [1.29, 1.82) is 0 Å². The predicted molar refractivity (Wildman–Crippen MR) is 79.8 cm³/mol. The highest BCUT2D eigenvalue weighted by Crippen LogP contribution is 2.16. The zero-order chi connectivity index (χ0) is 13.5. The molecular formula is C15H27N3. The lowest BCUT2D eigenvalue weighted by atomic mass is 10.1. The van der Waals surface area contributed by atoms with E-state index >= 15 is 0 Å². The average molecular weight is 249 g/mol. The van der Waals surface area contributed by atoms with Gasteiger partial charge >= 0.3 is 0 Å². The molecule has 0 saturated carbocycles. The van der Waals surface area contributed by atoms with Crippen LogP contribution in [-0.4, -0.2) is 18.1 Å². The van der Waals surface area contributed by atoms with E-state index in [1.807, 2.05) is 12.1 Å². The largest absolute Gasteiger partial charge is 0.384 e. The summed E-state index contributed by atoms with van der Waals surface area (Å²) in [6, 6.07) is 5.87. The summed E-state index contributed by atoms with van der Waals surface area (Å²) in [4.78, 5) is 6.79. The van der Waals surface area contributed by atoms with E-state index < -0.39 is 0 Å². The summed E-state index contributed by atoms with van der Waals surface area (Å²) >= 11 is 0. The number of hydrogen-bond acceptors (Lipinski definition) is 3. The van der Waals surface area contributed by atoms with Crippen molar-refractivity contribution in [3.05, 3.63) is 18.2 Å². The van der Waals surface area contributed by atoms with Crippen LogP contribution >= 0.6 is 0 Å². The number of hydrogen-bond donors (Lipinski definition) is 1. The first-order chi connectivity index (χ1) is 8.49. The summed E-state index contributed by atoms with van der Waals surface area (Å²) in [5.74, 6) is 3.04. The smallest absolute Gasteiger partial charge is 0.130 e. The molecule has 0 bridgehead atoms. The van der Waals surface area contributed by atoms with E-state index in [2.05, 4.69) is 43.6 Å². The number of nitrogens with zero attached hydrogens (tertiary/aromatic N) is 2. The fourth-order valence-electron chi connectivity index (χ4n) is 1.78. The topological polar surface area (TPSA) is 42.1 Å². The van der Waals surface area contributed by atoms with E-state index in [9.17, 15) is 0 Å². The van der Waals surface area contributed by atoms with Crippen molar-refractivity contribution >= 4 is 11.6 Å². The molecule has 0 unspecified atom stereocenters. The van der Waals surface area contributed by atoms with Crippen molar-refractivity contribution in [2.24, 2.45) is 11.8 Å². The molecule has 0 radical (unpaired) electrons. The Kier molecular flexibility index (Phi) is 5.96. The molecule has 0 saturated heterocycles. The molecule has 0 aromatic carbocycles. The molecule has 0 aliphatic heterocycles. The van der Waals surface area contributed by atoms with Gasteiger partial charge in [-0.2, -0.15) is 0 Å². The van der Waals surface area contributed by atoms with Gasteiger partial charge in [-0.1, -0.05) is 33.8 Å². The lowest BCUT2D eigenvalue weighted by Gasteiger charge is -2.25. The van der Waals surface area contributed by atoms with E-state index in [0.717, 1.165) is 18.9 Å². The lowest BCUT2D eigenvalue weighted by molar-refractivity contribution is 0.533. The molecule has 1 heterocycles. The second-order valence-corrected chi connectivity index (χ2v) is 5.77. The van der Waals surface area contributed by atoms with Gasteiger partial charge in [-0.3, -0.25) is 0 Å². The molecule has 1 rings (SSSR count). The molecule has 0 spiro atoms. The zero-order valence-corrected chi connectivity index (χ0v) is 12.2. The molecule has 0 atom stereocenters. The number of pyridine rings is 1. The van der Waals surface area contributed by atoms with Gasteiger partial charge in [0.2, 0.25) is 0 Å². The summed E-state index contributed by atoms with van der Waals surface area (Å²) in [5, 5.41) is 0. The van der Waals surface area contributed by atoms with E-state index in [0.29, 0.717) is 17.7 Å². The molecule has 0 fully saturated rings. The van der Waals surface area contributed by atoms with Gasteiger partial charge < -0.3 is 10.6 Å². The third kappa shape index (κ3) is 5.39. The van der Waals surface area contributed by atoms with Crippen molar-refractivity contribution < 1.29 is 0 Å². The van der Waals surface area contributed by atoms with Crippen LogP contribution in [0.1, 0.15) is 40.5 Å². The van der Waals surface area contributed by atoms with Crippen LogP contribution in [0.2, 0.25) is 0 Å². The number of rotatable bonds is 7. The first-order valence-corrected chi connectivity index (χ1v) is 6.96. The Labute approximate surface area is 111 Å². The summed E-state index contributed by atoms with van der Waals surface area (Å²) in [6.07, 6.45) is 2.38. The van der Waals surface area contributed by atoms with Crippen LogP contribution in [0.25, 0.3) is 0 Å². The minimum atomic E-state index is 0.603. The molecule has 3 heteroatoms. The van der Waals surface area contributed by atoms with Gasteiger partial charge in [0.25, 0.3) is 0 Å². The predicted octanol–water partition coefficient (Wildman–Crippen LogP) is 3.56. The molecule has 1 aromatic heterocycles. The van der Waals surface area contributed by atoms with Gasteiger partial charge in [-0.25, -0.2) is 4.98 Å². The van der Waals surface area contributed by atoms with Crippen LogP contribution in [0.15, 0.2) is 18.2 Å². The number of anilines is 2. The molecule has 0 amide bonds. The molecule has 18 heavy (non-hydrogen) atoms. The fourth-order valence-corrected chi connectivity index (χ4v) is 1.78. The van der Waals surface area contributed by atoms with Crippen LogP contribution in [0.5, 0.6) is 0 Å². The summed E-state index contributed by atoms with van der Waals surface area (Å²) in [5.41, 5.74) is 5.77. The Hall–Kier alpha value is -1.25. The lowest BCUT2D eigenvalue weighted by Crippen LogP contribution is -2.28. The highest BCUT2D eigenvalue weighted by molar-refractivity contribution is 5.44. The standard InChI is InChI=1S/C15H27N3/c1-12(2)8-10-18(11-9-13(3)4)15-7-5-6-14(16)17-15/h5-7,12-13H,8-11H2,1-4H3,(H2,16,17). The Morgan fingerprint density at radius 2 is 1.61 bits per heavy atom. The normalized spacial score (nSPS) is 11.2. The SMILES string of the molecule is CC(C)CCN(CCC(C)C)c1cccc(N)n1. The molecule has 102 valence electrons. The maximum absolute atomic E-state index is 5.77. The average Bonchev–Trinajstić information content (AvgIpc) is 2.28. The van der Waals surface area contributed by atoms with E-state index in [1.165, 1.54) is 12.8 Å². The maximum atomic E-state index is 5.77. The van der Waals surface area contributed by atoms with Crippen molar-refractivity contribution in [2.45, 2.75) is 40.5 Å². The fraction of sp³-hybridized carbons (Fsp3) is 0.667. The monoisotopic (exact) mass is 249 g/mol. The Bertz CT molecular complexity index is 335. The minimum absolute atomic E-state index is 0.603. The first-order valence-electron chi connectivity index (χ1n) is 6.96. The summed E-state index contributed by atoms with van der Waals surface area (Å²) < 4.78 is 0. The third-order valence-electron chi connectivity index (χ3n) is 3.03. The zero-order valence-electron chi connectivity index (χ0n) is 12.2.